The van der Waals surface area contributed by atoms with Crippen LogP contribution in [0.3, 0.4) is 0 Å². The van der Waals surface area contributed by atoms with Gasteiger partial charge in [0.25, 0.3) is 5.91 Å². The van der Waals surface area contributed by atoms with Crippen LogP contribution in [-0.2, 0) is 14.8 Å². The summed E-state index contributed by atoms with van der Waals surface area (Å²) >= 11 is 1.28. The maximum atomic E-state index is 12.5. The van der Waals surface area contributed by atoms with Crippen LogP contribution in [0.15, 0.2) is 46.0 Å². The number of benzene rings is 1. The molecule has 29 heavy (non-hydrogen) atoms. The number of amides is 2. The number of sulfonamides is 1. The van der Waals surface area contributed by atoms with Crippen LogP contribution in [0.5, 0.6) is 0 Å². The van der Waals surface area contributed by atoms with Crippen molar-refractivity contribution in [2.24, 2.45) is 0 Å². The summed E-state index contributed by atoms with van der Waals surface area (Å²) in [6, 6.07) is 7.06. The molecule has 2 aromatic rings. The van der Waals surface area contributed by atoms with Gasteiger partial charge in [-0.25, -0.2) is 23.0 Å². The predicted molar refractivity (Wildman–Crippen MR) is 105 cm³/mol. The fraction of sp³-hybridized carbons (Fsp3) is 0.278. The Hall–Kier alpha value is -2.76. The fourth-order valence-electron chi connectivity index (χ4n) is 2.49. The molecular formula is C18H19N3O6S2. The molecule has 11 heteroatoms. The van der Waals surface area contributed by atoms with E-state index in [4.69, 9.17) is 4.74 Å². The Morgan fingerprint density at radius 1 is 1.21 bits per heavy atom. The summed E-state index contributed by atoms with van der Waals surface area (Å²) in [5, 5.41) is 4.04. The van der Waals surface area contributed by atoms with Gasteiger partial charge in [0.05, 0.1) is 10.5 Å². The third-order valence-electron chi connectivity index (χ3n) is 4.26. The summed E-state index contributed by atoms with van der Waals surface area (Å²) in [4.78, 5) is 36.6. The monoisotopic (exact) mass is 437 g/mol. The topological polar surface area (TPSA) is 113 Å². The van der Waals surface area contributed by atoms with Gasteiger partial charge in [0, 0.05) is 30.6 Å². The Bertz CT molecular complexity index is 1020. The highest BCUT2D eigenvalue weighted by Gasteiger charge is 2.30. The van der Waals surface area contributed by atoms with Crippen LogP contribution in [0.4, 0.5) is 4.79 Å². The van der Waals surface area contributed by atoms with E-state index < -0.39 is 28.0 Å². The lowest BCUT2D eigenvalue weighted by atomic mass is 10.2. The highest BCUT2D eigenvalue weighted by atomic mass is 32.2. The second-order valence-electron chi connectivity index (χ2n) is 6.14. The average Bonchev–Trinajstić information content (AvgIpc) is 3.19. The van der Waals surface area contributed by atoms with Crippen molar-refractivity contribution < 1.29 is 27.5 Å². The number of hydrogen-bond donors (Lipinski definition) is 1. The van der Waals surface area contributed by atoms with Gasteiger partial charge in [-0.2, -0.15) is 15.6 Å². The lowest BCUT2D eigenvalue weighted by Gasteiger charge is -2.29. The van der Waals surface area contributed by atoms with Crippen molar-refractivity contribution >= 4 is 39.3 Å². The Labute approximate surface area is 171 Å². The van der Waals surface area contributed by atoms with E-state index in [2.05, 4.69) is 5.43 Å². The van der Waals surface area contributed by atoms with Gasteiger partial charge >= 0.3 is 12.1 Å². The minimum Gasteiger partial charge on any atom is -0.371 e. The van der Waals surface area contributed by atoms with Crippen molar-refractivity contribution in [2.45, 2.75) is 18.2 Å². The standard InChI is InChI=1S/C18H19N3O6S2/c1-2-21(18(24)27-17(23)14-7-10-28-12-14)19-16(22)13-5-3-6-15(11-13)29(25,26)20-8-4-9-20/h3,5-7,10-12H,2,4,8-9H2,1H3,(H,19,22). The van der Waals surface area contributed by atoms with Crippen molar-refractivity contribution in [3.8, 4) is 0 Å². The number of thiophene rings is 1. The zero-order valence-electron chi connectivity index (χ0n) is 15.5. The Balaban J connectivity index is 1.68. The molecular weight excluding hydrogens is 418 g/mol. The first-order valence-electron chi connectivity index (χ1n) is 8.80. The smallest absolute Gasteiger partial charge is 0.371 e. The van der Waals surface area contributed by atoms with Crippen molar-refractivity contribution in [3.63, 3.8) is 0 Å². The van der Waals surface area contributed by atoms with Gasteiger partial charge in [0.2, 0.25) is 10.0 Å². The van der Waals surface area contributed by atoms with E-state index in [1.54, 1.807) is 12.3 Å². The molecule has 0 saturated carbocycles. The molecule has 154 valence electrons. The van der Waals surface area contributed by atoms with E-state index >= 15 is 0 Å². The molecule has 0 atom stereocenters. The van der Waals surface area contributed by atoms with E-state index in [1.165, 1.54) is 51.4 Å². The Morgan fingerprint density at radius 3 is 2.55 bits per heavy atom. The minimum atomic E-state index is -3.65. The molecule has 3 rings (SSSR count). The van der Waals surface area contributed by atoms with Crippen molar-refractivity contribution in [1.82, 2.24) is 14.7 Å². The van der Waals surface area contributed by atoms with Crippen LogP contribution in [0, 0.1) is 0 Å². The van der Waals surface area contributed by atoms with E-state index in [0.29, 0.717) is 13.1 Å². The summed E-state index contributed by atoms with van der Waals surface area (Å²) < 4.78 is 31.0. The third-order valence-corrected chi connectivity index (χ3v) is 6.84. The van der Waals surface area contributed by atoms with Crippen LogP contribution in [0.1, 0.15) is 34.1 Å². The second-order valence-corrected chi connectivity index (χ2v) is 8.86. The molecule has 1 aliphatic rings. The van der Waals surface area contributed by atoms with Gasteiger partial charge in [0.15, 0.2) is 0 Å². The Morgan fingerprint density at radius 2 is 1.97 bits per heavy atom. The molecule has 2 heterocycles. The van der Waals surface area contributed by atoms with Gasteiger partial charge < -0.3 is 4.74 Å². The number of carbonyl (C=O) groups is 3. The molecule has 0 spiro atoms. The van der Waals surface area contributed by atoms with Gasteiger partial charge in [0.1, 0.15) is 0 Å². The summed E-state index contributed by atoms with van der Waals surface area (Å²) in [5.74, 6) is -1.53. The molecule has 1 saturated heterocycles. The largest absolute Gasteiger partial charge is 0.436 e. The SMILES string of the molecule is CCN(NC(=O)c1cccc(S(=O)(=O)N2CCC2)c1)C(=O)OC(=O)c1ccsc1. The lowest BCUT2D eigenvalue weighted by molar-refractivity contribution is 0.0471. The molecule has 1 N–H and O–H groups in total. The Kier molecular flexibility index (Phi) is 6.30. The second kappa shape index (κ2) is 8.72. The fourth-order valence-corrected chi connectivity index (χ4v) is 4.68. The van der Waals surface area contributed by atoms with Gasteiger partial charge in [-0.3, -0.25) is 10.2 Å². The zero-order chi connectivity index (χ0) is 21.0. The molecule has 1 fully saturated rings. The third kappa shape index (κ3) is 4.63. The quantitative estimate of drug-likeness (QED) is 0.435. The van der Waals surface area contributed by atoms with E-state index in [0.717, 1.165) is 11.4 Å². The molecule has 0 unspecified atom stereocenters. The first-order valence-corrected chi connectivity index (χ1v) is 11.2. The van der Waals surface area contributed by atoms with Crippen LogP contribution in [0.25, 0.3) is 0 Å². The number of hydrogen-bond acceptors (Lipinski definition) is 7. The maximum Gasteiger partial charge on any atom is 0.436 e. The summed E-state index contributed by atoms with van der Waals surface area (Å²) in [7, 11) is -3.65. The number of hydrazine groups is 1. The number of nitrogens with one attached hydrogen (secondary N) is 1. The summed E-state index contributed by atoms with van der Waals surface area (Å²) in [5.41, 5.74) is 2.62. The van der Waals surface area contributed by atoms with E-state index in [-0.39, 0.29) is 22.6 Å². The highest BCUT2D eigenvalue weighted by molar-refractivity contribution is 7.89. The highest BCUT2D eigenvalue weighted by Crippen LogP contribution is 2.22. The van der Waals surface area contributed by atoms with Crippen LogP contribution in [-0.4, -0.2) is 55.3 Å². The number of carbonyl (C=O) groups excluding carboxylic acids is 3. The maximum absolute atomic E-state index is 12.5. The molecule has 0 bridgehead atoms. The van der Waals surface area contributed by atoms with Crippen molar-refractivity contribution in [1.29, 1.82) is 0 Å². The van der Waals surface area contributed by atoms with Gasteiger partial charge in [-0.05, 0) is 43.0 Å². The average molecular weight is 437 g/mol. The molecule has 2 amide bonds. The number of esters is 1. The molecule has 9 nitrogen and oxygen atoms in total. The molecule has 1 aromatic heterocycles. The zero-order valence-corrected chi connectivity index (χ0v) is 17.2. The normalized spacial score (nSPS) is 14.0. The molecule has 1 aliphatic heterocycles. The first-order chi connectivity index (χ1) is 13.8. The molecule has 0 radical (unpaired) electrons. The number of ether oxygens (including phenoxy) is 1. The van der Waals surface area contributed by atoms with Crippen LogP contribution in [0.2, 0.25) is 0 Å². The van der Waals surface area contributed by atoms with Crippen molar-refractivity contribution in [2.75, 3.05) is 19.6 Å². The minimum absolute atomic E-state index is 0.00288. The van der Waals surface area contributed by atoms with Crippen molar-refractivity contribution in [3.05, 3.63) is 52.2 Å². The first kappa shape index (κ1) is 21.0. The number of nitrogens with zero attached hydrogens (tertiary/aromatic N) is 2. The lowest BCUT2D eigenvalue weighted by Crippen LogP contribution is -2.47. The van der Waals surface area contributed by atoms with E-state index in [1.807, 2.05) is 0 Å². The van der Waals surface area contributed by atoms with Crippen LogP contribution >= 0.6 is 11.3 Å². The molecule has 1 aromatic carbocycles. The number of rotatable bonds is 5. The van der Waals surface area contributed by atoms with E-state index in [9.17, 15) is 22.8 Å². The van der Waals surface area contributed by atoms with Gasteiger partial charge in [-0.15, -0.1) is 0 Å². The predicted octanol–water partition coefficient (Wildman–Crippen LogP) is 2.09. The molecule has 0 aliphatic carbocycles. The summed E-state index contributed by atoms with van der Waals surface area (Å²) in [6.07, 6.45) is -0.238. The van der Waals surface area contributed by atoms with Gasteiger partial charge in [-0.1, -0.05) is 6.07 Å². The van der Waals surface area contributed by atoms with Crippen LogP contribution < -0.4 is 5.43 Å². The summed E-state index contributed by atoms with van der Waals surface area (Å²) in [6.45, 7) is 2.52.